The SMILES string of the molecule is C=C(CC1(O)C(C2COC(C)(C)O2)OC2OC(C)(C)OC21)C(=O)OCC. The van der Waals surface area contributed by atoms with E-state index in [0.717, 1.165) is 0 Å². The zero-order valence-electron chi connectivity index (χ0n) is 15.9. The molecule has 0 saturated carbocycles. The third kappa shape index (κ3) is 3.54. The van der Waals surface area contributed by atoms with Gasteiger partial charge >= 0.3 is 5.97 Å². The molecule has 3 rings (SSSR count). The Bertz CT molecular complexity index is 586. The average molecular weight is 372 g/mol. The molecule has 148 valence electrons. The first-order valence-electron chi connectivity index (χ1n) is 8.87. The third-order valence-electron chi connectivity index (χ3n) is 4.75. The summed E-state index contributed by atoms with van der Waals surface area (Å²) in [4.78, 5) is 12.0. The predicted molar refractivity (Wildman–Crippen MR) is 88.9 cm³/mol. The third-order valence-corrected chi connectivity index (χ3v) is 4.75. The normalized spacial score (nSPS) is 40.4. The van der Waals surface area contributed by atoms with Gasteiger partial charge < -0.3 is 33.5 Å². The van der Waals surface area contributed by atoms with Crippen LogP contribution in [0.3, 0.4) is 0 Å². The number of hydrogen-bond donors (Lipinski definition) is 1. The lowest BCUT2D eigenvalue weighted by molar-refractivity contribution is -0.248. The molecule has 0 amide bonds. The highest BCUT2D eigenvalue weighted by atomic mass is 16.8. The van der Waals surface area contributed by atoms with E-state index in [1.807, 2.05) is 0 Å². The molecule has 3 aliphatic rings. The van der Waals surface area contributed by atoms with Gasteiger partial charge in [-0.15, -0.1) is 0 Å². The molecule has 0 aromatic carbocycles. The van der Waals surface area contributed by atoms with Crippen molar-refractivity contribution >= 4 is 5.97 Å². The maximum atomic E-state index is 12.0. The van der Waals surface area contributed by atoms with E-state index in [2.05, 4.69) is 6.58 Å². The van der Waals surface area contributed by atoms with Crippen molar-refractivity contribution in [3.05, 3.63) is 12.2 Å². The van der Waals surface area contributed by atoms with Crippen LogP contribution in [-0.4, -0.2) is 66.1 Å². The summed E-state index contributed by atoms with van der Waals surface area (Å²) in [5.41, 5.74) is -1.44. The van der Waals surface area contributed by atoms with Crippen LogP contribution >= 0.6 is 0 Å². The van der Waals surface area contributed by atoms with Crippen molar-refractivity contribution in [2.45, 2.75) is 82.8 Å². The molecular formula is C18H28O8. The zero-order chi connectivity index (χ0) is 19.3. The number of fused-ring (bicyclic) bond motifs is 1. The summed E-state index contributed by atoms with van der Waals surface area (Å²) in [6, 6.07) is 0. The minimum absolute atomic E-state index is 0.0859. The van der Waals surface area contributed by atoms with Gasteiger partial charge in [-0.05, 0) is 34.6 Å². The lowest BCUT2D eigenvalue weighted by atomic mass is 9.83. The fraction of sp³-hybridized carbons (Fsp3) is 0.833. The van der Waals surface area contributed by atoms with Gasteiger partial charge in [0.1, 0.15) is 23.9 Å². The molecule has 0 aromatic heterocycles. The summed E-state index contributed by atoms with van der Waals surface area (Å²) < 4.78 is 34.1. The van der Waals surface area contributed by atoms with Crippen LogP contribution in [0.2, 0.25) is 0 Å². The molecule has 5 unspecified atom stereocenters. The summed E-state index contributed by atoms with van der Waals surface area (Å²) in [5, 5.41) is 11.5. The molecule has 0 radical (unpaired) electrons. The van der Waals surface area contributed by atoms with Crippen LogP contribution in [0.4, 0.5) is 0 Å². The van der Waals surface area contributed by atoms with E-state index < -0.39 is 47.7 Å². The molecule has 0 aliphatic carbocycles. The number of rotatable bonds is 5. The summed E-state index contributed by atoms with van der Waals surface area (Å²) in [6.45, 7) is 13.0. The topological polar surface area (TPSA) is 92.7 Å². The molecule has 8 nitrogen and oxygen atoms in total. The summed E-state index contributed by atoms with van der Waals surface area (Å²) in [5.74, 6) is -2.26. The standard InChI is InChI=1S/C18H28O8/c1-7-21-14(19)10(2)8-18(20)12(11-9-22-16(3,4)24-11)23-15-13(18)25-17(5,6)26-15/h11-13,15,20H,2,7-9H2,1,3-6H3. The van der Waals surface area contributed by atoms with Gasteiger partial charge in [-0.25, -0.2) is 4.79 Å². The molecule has 0 spiro atoms. The Hall–Kier alpha value is -1.03. The molecule has 1 N–H and O–H groups in total. The fourth-order valence-corrected chi connectivity index (χ4v) is 3.71. The molecule has 26 heavy (non-hydrogen) atoms. The van der Waals surface area contributed by atoms with Crippen molar-refractivity contribution < 1.29 is 38.3 Å². The second kappa shape index (κ2) is 6.54. The first-order chi connectivity index (χ1) is 12.0. The Morgan fingerprint density at radius 3 is 2.42 bits per heavy atom. The molecular weight excluding hydrogens is 344 g/mol. The van der Waals surface area contributed by atoms with E-state index in [9.17, 15) is 9.90 Å². The number of carbonyl (C=O) groups is 1. The van der Waals surface area contributed by atoms with Crippen molar-refractivity contribution in [3.8, 4) is 0 Å². The van der Waals surface area contributed by atoms with Crippen molar-refractivity contribution in [3.63, 3.8) is 0 Å². The fourth-order valence-electron chi connectivity index (χ4n) is 3.71. The van der Waals surface area contributed by atoms with Crippen molar-refractivity contribution in [2.24, 2.45) is 0 Å². The van der Waals surface area contributed by atoms with E-state index in [1.54, 1.807) is 34.6 Å². The first-order valence-corrected chi connectivity index (χ1v) is 8.87. The van der Waals surface area contributed by atoms with Crippen LogP contribution < -0.4 is 0 Å². The van der Waals surface area contributed by atoms with Gasteiger partial charge in [0.15, 0.2) is 17.9 Å². The number of carbonyl (C=O) groups excluding carboxylic acids is 1. The maximum absolute atomic E-state index is 12.0. The number of esters is 1. The lowest BCUT2D eigenvalue weighted by Gasteiger charge is -2.36. The lowest BCUT2D eigenvalue weighted by Crippen LogP contribution is -2.54. The minimum Gasteiger partial charge on any atom is -0.463 e. The van der Waals surface area contributed by atoms with Crippen LogP contribution in [0.15, 0.2) is 12.2 Å². The van der Waals surface area contributed by atoms with E-state index in [0.29, 0.717) is 0 Å². The molecule has 3 aliphatic heterocycles. The van der Waals surface area contributed by atoms with Crippen LogP contribution in [0.1, 0.15) is 41.0 Å². The minimum atomic E-state index is -1.57. The molecule has 3 saturated heterocycles. The van der Waals surface area contributed by atoms with E-state index >= 15 is 0 Å². The average Bonchev–Trinajstić information content (AvgIpc) is 3.10. The Labute approximate surface area is 153 Å². The van der Waals surface area contributed by atoms with E-state index in [1.165, 1.54) is 0 Å². The molecule has 0 aromatic rings. The predicted octanol–water partition coefficient (Wildman–Crippen LogP) is 1.25. The summed E-state index contributed by atoms with van der Waals surface area (Å²) in [6.07, 6.45) is -2.99. The first kappa shape index (κ1) is 19.7. The molecule has 3 heterocycles. The van der Waals surface area contributed by atoms with Gasteiger partial charge in [0.25, 0.3) is 0 Å². The van der Waals surface area contributed by atoms with Crippen LogP contribution in [0.25, 0.3) is 0 Å². The van der Waals surface area contributed by atoms with Gasteiger partial charge in [0.05, 0.1) is 13.2 Å². The summed E-state index contributed by atoms with van der Waals surface area (Å²) in [7, 11) is 0. The van der Waals surface area contributed by atoms with Crippen LogP contribution in [-0.2, 0) is 33.2 Å². The van der Waals surface area contributed by atoms with E-state index in [-0.39, 0.29) is 25.2 Å². The molecule has 8 heteroatoms. The van der Waals surface area contributed by atoms with Gasteiger partial charge in [0, 0.05) is 12.0 Å². The Morgan fingerprint density at radius 2 is 1.85 bits per heavy atom. The zero-order valence-corrected chi connectivity index (χ0v) is 15.9. The maximum Gasteiger partial charge on any atom is 0.333 e. The Balaban J connectivity index is 1.84. The van der Waals surface area contributed by atoms with Gasteiger partial charge in [-0.2, -0.15) is 0 Å². The Kier molecular flexibility index (Phi) is 4.96. The number of aliphatic hydroxyl groups is 1. The van der Waals surface area contributed by atoms with Gasteiger partial charge in [0.2, 0.25) is 0 Å². The van der Waals surface area contributed by atoms with Gasteiger partial charge in [-0.3, -0.25) is 0 Å². The highest BCUT2D eigenvalue weighted by molar-refractivity contribution is 5.87. The smallest absolute Gasteiger partial charge is 0.333 e. The second-order valence-electron chi connectivity index (χ2n) is 7.84. The van der Waals surface area contributed by atoms with Gasteiger partial charge in [-0.1, -0.05) is 6.58 Å². The van der Waals surface area contributed by atoms with Crippen LogP contribution in [0.5, 0.6) is 0 Å². The quantitative estimate of drug-likeness (QED) is 0.569. The number of ether oxygens (including phenoxy) is 6. The largest absolute Gasteiger partial charge is 0.463 e. The summed E-state index contributed by atoms with van der Waals surface area (Å²) >= 11 is 0. The molecule has 3 fully saturated rings. The number of hydrogen-bond acceptors (Lipinski definition) is 8. The van der Waals surface area contributed by atoms with Crippen LogP contribution in [0, 0.1) is 0 Å². The molecule has 0 bridgehead atoms. The highest BCUT2D eigenvalue weighted by Gasteiger charge is 2.66. The molecule has 5 atom stereocenters. The monoisotopic (exact) mass is 372 g/mol. The van der Waals surface area contributed by atoms with E-state index in [4.69, 9.17) is 28.4 Å². The highest BCUT2D eigenvalue weighted by Crippen LogP contribution is 2.48. The Morgan fingerprint density at radius 1 is 1.15 bits per heavy atom. The van der Waals surface area contributed by atoms with Crippen molar-refractivity contribution in [1.82, 2.24) is 0 Å². The van der Waals surface area contributed by atoms with Crippen molar-refractivity contribution in [1.29, 1.82) is 0 Å². The van der Waals surface area contributed by atoms with Crippen molar-refractivity contribution in [2.75, 3.05) is 13.2 Å². The second-order valence-corrected chi connectivity index (χ2v) is 7.84.